The van der Waals surface area contributed by atoms with E-state index in [-0.39, 0.29) is 5.54 Å². The van der Waals surface area contributed by atoms with Gasteiger partial charge in [-0.2, -0.15) is 0 Å². The van der Waals surface area contributed by atoms with Crippen molar-refractivity contribution in [3.63, 3.8) is 0 Å². The van der Waals surface area contributed by atoms with Gasteiger partial charge in [0.05, 0.1) is 12.7 Å². The van der Waals surface area contributed by atoms with Crippen LogP contribution in [-0.2, 0) is 9.57 Å². The van der Waals surface area contributed by atoms with Crippen LogP contribution in [0.1, 0.15) is 40.0 Å². The molecule has 18 heavy (non-hydrogen) atoms. The van der Waals surface area contributed by atoms with E-state index in [0.29, 0.717) is 18.6 Å². The van der Waals surface area contributed by atoms with Crippen LogP contribution in [0.15, 0.2) is 5.16 Å². The fourth-order valence-electron chi connectivity index (χ4n) is 3.19. The van der Waals surface area contributed by atoms with Crippen molar-refractivity contribution in [2.24, 2.45) is 11.1 Å². The van der Waals surface area contributed by atoms with Crippen molar-refractivity contribution in [1.82, 2.24) is 4.90 Å². The standard InChI is InChI=1S/C14H26N2O2/c1-4-18-15-9-13-8-14(11-17-12(2)3)6-5-7-16(14)10-13/h9,12-13H,4-8,10-11H2,1-3H3/b15-9+/t13-,14-/m0/s1. The largest absolute Gasteiger partial charge is 0.396 e. The van der Waals surface area contributed by atoms with Gasteiger partial charge >= 0.3 is 0 Å². The predicted molar refractivity (Wildman–Crippen MR) is 72.9 cm³/mol. The molecule has 4 heteroatoms. The number of fused-ring (bicyclic) bond motifs is 1. The maximum Gasteiger partial charge on any atom is 0.114 e. The van der Waals surface area contributed by atoms with E-state index < -0.39 is 0 Å². The van der Waals surface area contributed by atoms with E-state index in [1.165, 1.54) is 19.4 Å². The minimum atomic E-state index is 0.271. The summed E-state index contributed by atoms with van der Waals surface area (Å²) in [6.45, 7) is 10.0. The third-order valence-electron chi connectivity index (χ3n) is 4.00. The summed E-state index contributed by atoms with van der Waals surface area (Å²) in [5.41, 5.74) is 0.271. The molecule has 0 aromatic rings. The number of rotatable bonds is 6. The summed E-state index contributed by atoms with van der Waals surface area (Å²) in [6.07, 6.45) is 6.03. The normalized spacial score (nSPS) is 32.6. The highest BCUT2D eigenvalue weighted by Crippen LogP contribution is 2.41. The van der Waals surface area contributed by atoms with Gasteiger partial charge in [-0.15, -0.1) is 0 Å². The fourth-order valence-corrected chi connectivity index (χ4v) is 3.19. The number of hydrogen-bond acceptors (Lipinski definition) is 4. The number of nitrogens with zero attached hydrogens (tertiary/aromatic N) is 2. The lowest BCUT2D eigenvalue weighted by Gasteiger charge is -2.32. The maximum absolute atomic E-state index is 5.89. The van der Waals surface area contributed by atoms with Crippen LogP contribution in [0.25, 0.3) is 0 Å². The van der Waals surface area contributed by atoms with Crippen LogP contribution in [0.4, 0.5) is 0 Å². The minimum Gasteiger partial charge on any atom is -0.396 e. The molecule has 0 aliphatic carbocycles. The topological polar surface area (TPSA) is 34.1 Å². The van der Waals surface area contributed by atoms with E-state index in [1.807, 2.05) is 13.1 Å². The average molecular weight is 254 g/mol. The molecule has 2 fully saturated rings. The molecule has 2 aliphatic heterocycles. The zero-order valence-electron chi connectivity index (χ0n) is 11.9. The maximum atomic E-state index is 5.89. The number of oxime groups is 1. The Morgan fingerprint density at radius 2 is 2.33 bits per heavy atom. The van der Waals surface area contributed by atoms with Gasteiger partial charge in [-0.3, -0.25) is 4.90 Å². The van der Waals surface area contributed by atoms with Gasteiger partial charge in [0, 0.05) is 24.2 Å². The Kier molecular flexibility index (Phi) is 4.62. The van der Waals surface area contributed by atoms with Crippen molar-refractivity contribution in [3.05, 3.63) is 0 Å². The molecule has 0 aromatic carbocycles. The molecule has 0 amide bonds. The zero-order chi connectivity index (χ0) is 13.0. The summed E-state index contributed by atoms with van der Waals surface area (Å²) in [5, 5.41) is 4.03. The van der Waals surface area contributed by atoms with Crippen LogP contribution in [0.3, 0.4) is 0 Å². The van der Waals surface area contributed by atoms with Gasteiger partial charge in [-0.1, -0.05) is 5.16 Å². The van der Waals surface area contributed by atoms with Crippen molar-refractivity contribution in [2.45, 2.75) is 51.7 Å². The Bertz CT molecular complexity index is 294. The summed E-state index contributed by atoms with van der Waals surface area (Å²) < 4.78 is 5.89. The minimum absolute atomic E-state index is 0.271. The average Bonchev–Trinajstić information content (AvgIpc) is 2.83. The smallest absolute Gasteiger partial charge is 0.114 e. The Hall–Kier alpha value is -0.610. The van der Waals surface area contributed by atoms with Crippen molar-refractivity contribution in [2.75, 3.05) is 26.3 Å². The molecule has 2 heterocycles. The lowest BCUT2D eigenvalue weighted by Crippen LogP contribution is -2.43. The molecule has 4 nitrogen and oxygen atoms in total. The number of hydrogen-bond donors (Lipinski definition) is 0. The summed E-state index contributed by atoms with van der Waals surface area (Å²) in [5.74, 6) is 0.521. The molecule has 0 aromatic heterocycles. The van der Waals surface area contributed by atoms with E-state index in [0.717, 1.165) is 19.6 Å². The van der Waals surface area contributed by atoms with E-state index in [2.05, 4.69) is 23.9 Å². The molecule has 2 aliphatic rings. The third-order valence-corrected chi connectivity index (χ3v) is 4.00. The first-order chi connectivity index (χ1) is 8.66. The van der Waals surface area contributed by atoms with Crippen LogP contribution in [0.2, 0.25) is 0 Å². The molecule has 0 spiro atoms. The first-order valence-corrected chi connectivity index (χ1v) is 7.18. The van der Waals surface area contributed by atoms with Crippen LogP contribution in [0.5, 0.6) is 0 Å². The van der Waals surface area contributed by atoms with Gasteiger partial charge in [0.2, 0.25) is 0 Å². The molecule has 0 radical (unpaired) electrons. The Morgan fingerprint density at radius 3 is 3.06 bits per heavy atom. The monoisotopic (exact) mass is 254 g/mol. The van der Waals surface area contributed by atoms with Crippen molar-refractivity contribution >= 4 is 6.21 Å². The van der Waals surface area contributed by atoms with E-state index in [1.54, 1.807) is 0 Å². The molecule has 0 unspecified atom stereocenters. The zero-order valence-corrected chi connectivity index (χ0v) is 11.9. The summed E-state index contributed by atoms with van der Waals surface area (Å²) in [6, 6.07) is 0. The first-order valence-electron chi connectivity index (χ1n) is 7.18. The van der Waals surface area contributed by atoms with Crippen molar-refractivity contribution in [3.8, 4) is 0 Å². The summed E-state index contributed by atoms with van der Waals surface area (Å²) >= 11 is 0. The molecule has 104 valence electrons. The predicted octanol–water partition coefficient (Wildman–Crippen LogP) is 2.29. The highest BCUT2D eigenvalue weighted by atomic mass is 16.6. The lowest BCUT2D eigenvalue weighted by atomic mass is 9.91. The second-order valence-electron chi connectivity index (χ2n) is 5.77. The quantitative estimate of drug-likeness (QED) is 0.539. The molecule has 0 bridgehead atoms. The molecular weight excluding hydrogens is 228 g/mol. The summed E-state index contributed by atoms with van der Waals surface area (Å²) in [4.78, 5) is 7.66. The molecule has 2 atom stereocenters. The van der Waals surface area contributed by atoms with Crippen molar-refractivity contribution < 1.29 is 9.57 Å². The molecular formula is C14H26N2O2. The summed E-state index contributed by atoms with van der Waals surface area (Å²) in [7, 11) is 0. The number of ether oxygens (including phenoxy) is 1. The molecule has 0 N–H and O–H groups in total. The highest BCUT2D eigenvalue weighted by molar-refractivity contribution is 5.61. The van der Waals surface area contributed by atoms with Gasteiger partial charge in [0.25, 0.3) is 0 Å². The molecule has 2 saturated heterocycles. The molecule has 0 saturated carbocycles. The van der Waals surface area contributed by atoms with Gasteiger partial charge in [-0.25, -0.2) is 0 Å². The van der Waals surface area contributed by atoms with Gasteiger partial charge in [-0.05, 0) is 46.6 Å². The fraction of sp³-hybridized carbons (Fsp3) is 0.929. The Labute approximate surface area is 110 Å². The lowest BCUT2D eigenvalue weighted by molar-refractivity contribution is 0.00301. The second kappa shape index (κ2) is 6.02. The van der Waals surface area contributed by atoms with Gasteiger partial charge < -0.3 is 9.57 Å². The molecule has 2 rings (SSSR count). The van der Waals surface area contributed by atoms with Crippen molar-refractivity contribution in [1.29, 1.82) is 0 Å². The van der Waals surface area contributed by atoms with E-state index >= 15 is 0 Å². The Morgan fingerprint density at radius 1 is 1.50 bits per heavy atom. The van der Waals surface area contributed by atoms with Gasteiger partial charge in [0.1, 0.15) is 6.61 Å². The van der Waals surface area contributed by atoms with E-state index in [9.17, 15) is 0 Å². The highest BCUT2D eigenvalue weighted by Gasteiger charge is 2.48. The van der Waals surface area contributed by atoms with Crippen LogP contribution < -0.4 is 0 Å². The Balaban J connectivity index is 1.92. The van der Waals surface area contributed by atoms with Crippen LogP contribution in [-0.4, -0.2) is 49.1 Å². The van der Waals surface area contributed by atoms with Gasteiger partial charge in [0.15, 0.2) is 0 Å². The third kappa shape index (κ3) is 3.04. The van der Waals surface area contributed by atoms with Crippen LogP contribution >= 0.6 is 0 Å². The SMILES string of the molecule is CCO/N=C/[C@H]1CN2CCC[C@@]2(COC(C)C)C1. The van der Waals surface area contributed by atoms with E-state index in [4.69, 9.17) is 9.57 Å². The first kappa shape index (κ1) is 13.8. The second-order valence-corrected chi connectivity index (χ2v) is 5.77. The van der Waals surface area contributed by atoms with Crippen LogP contribution in [0, 0.1) is 5.92 Å².